The molecule has 1 aromatic carbocycles. The molecule has 0 aliphatic heterocycles. The highest BCUT2D eigenvalue weighted by atomic mass is 35.5. The molecule has 1 unspecified atom stereocenters. The van der Waals surface area contributed by atoms with Gasteiger partial charge in [0.05, 0.1) is 16.4 Å². The number of halogens is 2. The summed E-state index contributed by atoms with van der Waals surface area (Å²) in [5, 5.41) is 8.35. The quantitative estimate of drug-likeness (QED) is 0.913. The largest absolute Gasteiger partial charge is 0.304 e. The Morgan fingerprint density at radius 1 is 1.40 bits per heavy atom. The average Bonchev–Trinajstić information content (AvgIpc) is 2.71. The van der Waals surface area contributed by atoms with Gasteiger partial charge in [0, 0.05) is 25.2 Å². The predicted molar refractivity (Wildman–Crippen MR) is 79.3 cm³/mol. The normalized spacial score (nSPS) is 12.7. The van der Waals surface area contributed by atoms with Crippen LogP contribution in [0.3, 0.4) is 0 Å². The molecule has 20 heavy (non-hydrogen) atoms. The van der Waals surface area contributed by atoms with Crippen molar-refractivity contribution in [1.82, 2.24) is 15.1 Å². The van der Waals surface area contributed by atoms with Gasteiger partial charge in [-0.25, -0.2) is 4.39 Å². The van der Waals surface area contributed by atoms with E-state index in [4.69, 9.17) is 11.6 Å². The van der Waals surface area contributed by atoms with Gasteiger partial charge in [-0.3, -0.25) is 4.68 Å². The molecular formula is C15H19ClFN3. The van der Waals surface area contributed by atoms with Crippen LogP contribution in [0.25, 0.3) is 0 Å². The van der Waals surface area contributed by atoms with E-state index in [1.807, 2.05) is 27.0 Å². The summed E-state index contributed by atoms with van der Waals surface area (Å²) in [5.74, 6) is -0.196. The van der Waals surface area contributed by atoms with Crippen LogP contribution < -0.4 is 5.32 Å². The molecule has 2 rings (SSSR count). The summed E-state index contributed by atoms with van der Waals surface area (Å²) < 4.78 is 15.5. The van der Waals surface area contributed by atoms with Crippen molar-refractivity contribution in [2.45, 2.75) is 32.9 Å². The monoisotopic (exact) mass is 295 g/mol. The maximum Gasteiger partial charge on any atom is 0.127 e. The molecular weight excluding hydrogens is 277 g/mol. The first-order chi connectivity index (χ1) is 9.54. The van der Waals surface area contributed by atoms with Crippen molar-refractivity contribution in [3.8, 4) is 0 Å². The fraction of sp³-hybridized carbons (Fsp3) is 0.400. The maximum absolute atomic E-state index is 13.7. The van der Waals surface area contributed by atoms with Crippen LogP contribution in [0.4, 0.5) is 4.39 Å². The lowest BCUT2D eigenvalue weighted by Crippen LogP contribution is -2.20. The van der Waals surface area contributed by atoms with Gasteiger partial charge >= 0.3 is 0 Å². The zero-order chi connectivity index (χ0) is 14.7. The van der Waals surface area contributed by atoms with E-state index in [0.717, 1.165) is 17.8 Å². The van der Waals surface area contributed by atoms with Gasteiger partial charge in [-0.05, 0) is 19.4 Å². The zero-order valence-electron chi connectivity index (χ0n) is 12.0. The number of hydrogen-bond acceptors (Lipinski definition) is 2. The number of benzene rings is 1. The van der Waals surface area contributed by atoms with Gasteiger partial charge in [-0.2, -0.15) is 5.10 Å². The standard InChI is InChI=1S/C15H19ClFN3/c1-4-13-15(16)14(20(3)19-13)9-18-10(2)11-7-5-6-8-12(11)17/h5-8,10,18H,4,9H2,1-3H3. The van der Waals surface area contributed by atoms with E-state index in [9.17, 15) is 4.39 Å². The summed E-state index contributed by atoms with van der Waals surface area (Å²) in [5.41, 5.74) is 2.47. The molecule has 0 amide bonds. The summed E-state index contributed by atoms with van der Waals surface area (Å²) in [7, 11) is 1.87. The van der Waals surface area contributed by atoms with Gasteiger partial charge in [-0.1, -0.05) is 36.7 Å². The molecule has 1 aromatic heterocycles. The molecule has 0 fully saturated rings. The first-order valence-corrected chi connectivity index (χ1v) is 7.10. The van der Waals surface area contributed by atoms with E-state index in [-0.39, 0.29) is 11.9 Å². The van der Waals surface area contributed by atoms with E-state index in [1.165, 1.54) is 6.07 Å². The molecule has 1 heterocycles. The zero-order valence-corrected chi connectivity index (χ0v) is 12.7. The van der Waals surface area contributed by atoms with Gasteiger partial charge < -0.3 is 5.32 Å². The highest BCUT2D eigenvalue weighted by Gasteiger charge is 2.15. The van der Waals surface area contributed by atoms with Crippen LogP contribution in [-0.2, 0) is 20.0 Å². The summed E-state index contributed by atoms with van der Waals surface area (Å²) >= 11 is 6.29. The molecule has 3 nitrogen and oxygen atoms in total. The lowest BCUT2D eigenvalue weighted by molar-refractivity contribution is 0.515. The molecule has 5 heteroatoms. The van der Waals surface area contributed by atoms with Crippen LogP contribution in [0.1, 0.15) is 36.8 Å². The van der Waals surface area contributed by atoms with Crippen molar-refractivity contribution >= 4 is 11.6 Å². The highest BCUT2D eigenvalue weighted by molar-refractivity contribution is 6.31. The van der Waals surface area contributed by atoms with Crippen molar-refractivity contribution in [2.24, 2.45) is 7.05 Å². The van der Waals surface area contributed by atoms with Gasteiger partial charge in [-0.15, -0.1) is 0 Å². The minimum Gasteiger partial charge on any atom is -0.304 e. The fourth-order valence-corrected chi connectivity index (χ4v) is 2.56. The van der Waals surface area contributed by atoms with Crippen LogP contribution in [0.15, 0.2) is 24.3 Å². The second-order valence-electron chi connectivity index (χ2n) is 4.81. The molecule has 0 saturated carbocycles. The summed E-state index contributed by atoms with van der Waals surface area (Å²) in [6.07, 6.45) is 0.801. The number of hydrogen-bond donors (Lipinski definition) is 1. The molecule has 2 aromatic rings. The molecule has 0 saturated heterocycles. The first-order valence-electron chi connectivity index (χ1n) is 6.72. The topological polar surface area (TPSA) is 29.9 Å². The van der Waals surface area contributed by atoms with Gasteiger partial charge in [0.2, 0.25) is 0 Å². The molecule has 0 spiro atoms. The smallest absolute Gasteiger partial charge is 0.127 e. The number of nitrogens with zero attached hydrogens (tertiary/aromatic N) is 2. The molecule has 108 valence electrons. The van der Waals surface area contributed by atoms with Crippen molar-refractivity contribution in [3.63, 3.8) is 0 Å². The van der Waals surface area contributed by atoms with Crippen LogP contribution >= 0.6 is 11.6 Å². The molecule has 0 aliphatic rings. The third-order valence-corrected chi connectivity index (χ3v) is 3.89. The SMILES string of the molecule is CCc1nn(C)c(CNC(C)c2ccccc2F)c1Cl. The minimum atomic E-state index is -0.196. The highest BCUT2D eigenvalue weighted by Crippen LogP contribution is 2.22. The van der Waals surface area contributed by atoms with Crippen LogP contribution in [-0.4, -0.2) is 9.78 Å². The third-order valence-electron chi connectivity index (χ3n) is 3.45. The molecule has 1 N–H and O–H groups in total. The van der Waals surface area contributed by atoms with Gasteiger partial charge in [0.15, 0.2) is 0 Å². The van der Waals surface area contributed by atoms with Crippen molar-refractivity contribution in [2.75, 3.05) is 0 Å². The van der Waals surface area contributed by atoms with Gasteiger partial charge in [0.1, 0.15) is 5.82 Å². The summed E-state index contributed by atoms with van der Waals surface area (Å²) in [6, 6.07) is 6.70. The lowest BCUT2D eigenvalue weighted by atomic mass is 10.1. The molecule has 0 aliphatic carbocycles. The maximum atomic E-state index is 13.7. The molecule has 1 atom stereocenters. The minimum absolute atomic E-state index is 0.0905. The van der Waals surface area contributed by atoms with Crippen LogP contribution in [0, 0.1) is 5.82 Å². The molecule has 0 bridgehead atoms. The third kappa shape index (κ3) is 3.02. The Labute approximate surface area is 123 Å². The van der Waals surface area contributed by atoms with Crippen LogP contribution in [0.2, 0.25) is 5.02 Å². The number of nitrogens with one attached hydrogen (secondary N) is 1. The number of aromatic nitrogens is 2. The Bertz CT molecular complexity index is 595. The molecule has 0 radical (unpaired) electrons. The fourth-order valence-electron chi connectivity index (χ4n) is 2.20. The van der Waals surface area contributed by atoms with E-state index < -0.39 is 0 Å². The van der Waals surface area contributed by atoms with E-state index >= 15 is 0 Å². The Kier molecular flexibility index (Phi) is 4.78. The number of rotatable bonds is 5. The Morgan fingerprint density at radius 2 is 2.10 bits per heavy atom. The van der Waals surface area contributed by atoms with Crippen molar-refractivity contribution in [1.29, 1.82) is 0 Å². The van der Waals surface area contributed by atoms with Crippen molar-refractivity contribution < 1.29 is 4.39 Å². The summed E-state index contributed by atoms with van der Waals surface area (Å²) in [4.78, 5) is 0. The Morgan fingerprint density at radius 3 is 2.70 bits per heavy atom. The van der Waals surface area contributed by atoms with Gasteiger partial charge in [0.25, 0.3) is 0 Å². The predicted octanol–water partition coefficient (Wildman–Crippen LogP) is 3.63. The first kappa shape index (κ1) is 15.0. The van der Waals surface area contributed by atoms with Crippen LogP contribution in [0.5, 0.6) is 0 Å². The summed E-state index contributed by atoms with van der Waals surface area (Å²) in [6.45, 7) is 4.51. The Hall–Kier alpha value is -1.39. The second-order valence-corrected chi connectivity index (χ2v) is 5.19. The Balaban J connectivity index is 2.09. The van der Waals surface area contributed by atoms with E-state index in [0.29, 0.717) is 17.1 Å². The average molecular weight is 296 g/mol. The van der Waals surface area contributed by atoms with E-state index in [2.05, 4.69) is 10.4 Å². The second kappa shape index (κ2) is 6.37. The van der Waals surface area contributed by atoms with E-state index in [1.54, 1.807) is 16.8 Å². The lowest BCUT2D eigenvalue weighted by Gasteiger charge is -2.15. The number of aryl methyl sites for hydroxylation is 2. The van der Waals surface area contributed by atoms with Crippen molar-refractivity contribution in [3.05, 3.63) is 52.1 Å².